The minimum Gasteiger partial charge on any atom is -0.367 e. The van der Waals surface area contributed by atoms with Crippen molar-refractivity contribution in [1.82, 2.24) is 9.88 Å². The summed E-state index contributed by atoms with van der Waals surface area (Å²) in [5.74, 6) is 0.442. The maximum atomic E-state index is 4.76. The molecule has 0 saturated carbocycles. The standard InChI is InChI=1S/C22H28N2/c1-14(2)21-12-18-8-9-24(7)22(6,20(18)13-23-21)19-11-15(3)10-16(4)17(19)5/h8-14H,1-7H3. The van der Waals surface area contributed by atoms with Crippen molar-refractivity contribution in [3.8, 4) is 0 Å². The highest BCUT2D eigenvalue weighted by Crippen LogP contribution is 2.42. The molecule has 0 bridgehead atoms. The van der Waals surface area contributed by atoms with Crippen LogP contribution in [-0.2, 0) is 5.54 Å². The number of hydrogen-bond donors (Lipinski definition) is 0. The number of benzene rings is 1. The Morgan fingerprint density at radius 3 is 2.42 bits per heavy atom. The number of aromatic nitrogens is 1. The molecule has 1 aromatic heterocycles. The van der Waals surface area contributed by atoms with Crippen molar-refractivity contribution in [2.24, 2.45) is 0 Å². The number of rotatable bonds is 2. The summed E-state index contributed by atoms with van der Waals surface area (Å²) >= 11 is 0. The molecule has 0 aliphatic carbocycles. The van der Waals surface area contributed by atoms with E-state index in [4.69, 9.17) is 4.98 Å². The second-order valence-corrected chi connectivity index (χ2v) is 7.60. The molecule has 0 spiro atoms. The summed E-state index contributed by atoms with van der Waals surface area (Å²) < 4.78 is 0. The Bertz CT molecular complexity index is 817. The van der Waals surface area contributed by atoms with E-state index in [9.17, 15) is 0 Å². The van der Waals surface area contributed by atoms with Gasteiger partial charge in [0.05, 0.1) is 5.54 Å². The number of nitrogens with zero attached hydrogens (tertiary/aromatic N) is 2. The van der Waals surface area contributed by atoms with E-state index in [1.165, 1.54) is 33.4 Å². The molecule has 0 amide bonds. The van der Waals surface area contributed by atoms with Crippen molar-refractivity contribution in [2.45, 2.75) is 53.0 Å². The van der Waals surface area contributed by atoms with Crippen molar-refractivity contribution in [3.05, 3.63) is 69.7 Å². The van der Waals surface area contributed by atoms with Crippen molar-refractivity contribution in [1.29, 1.82) is 0 Å². The van der Waals surface area contributed by atoms with E-state index < -0.39 is 0 Å². The van der Waals surface area contributed by atoms with Crippen molar-refractivity contribution < 1.29 is 0 Å². The Kier molecular flexibility index (Phi) is 4.03. The predicted molar refractivity (Wildman–Crippen MR) is 102 cm³/mol. The number of aryl methyl sites for hydroxylation is 2. The summed E-state index contributed by atoms with van der Waals surface area (Å²) in [6, 6.07) is 6.85. The van der Waals surface area contributed by atoms with E-state index >= 15 is 0 Å². The van der Waals surface area contributed by atoms with E-state index in [2.05, 4.69) is 90.2 Å². The molecule has 2 heteroatoms. The predicted octanol–water partition coefficient (Wildman–Crippen LogP) is 5.31. The molecule has 0 saturated heterocycles. The van der Waals surface area contributed by atoms with E-state index in [0.29, 0.717) is 5.92 Å². The lowest BCUT2D eigenvalue weighted by Gasteiger charge is -2.43. The molecule has 1 aliphatic rings. The Morgan fingerprint density at radius 1 is 1.04 bits per heavy atom. The third-order valence-corrected chi connectivity index (χ3v) is 5.59. The van der Waals surface area contributed by atoms with Crippen LogP contribution in [0.4, 0.5) is 0 Å². The van der Waals surface area contributed by atoms with Gasteiger partial charge in [0.2, 0.25) is 0 Å². The highest BCUT2D eigenvalue weighted by atomic mass is 15.2. The Labute approximate surface area is 146 Å². The third-order valence-electron chi connectivity index (χ3n) is 5.59. The van der Waals surface area contributed by atoms with Crippen LogP contribution in [0, 0.1) is 20.8 Å². The van der Waals surface area contributed by atoms with Gasteiger partial charge in [-0.05, 0) is 68.0 Å². The third kappa shape index (κ3) is 2.45. The molecule has 2 heterocycles. The SMILES string of the molecule is Cc1cc(C)c(C)c(C2(C)c3cnc(C(C)C)cc3C=CN2C)c1. The number of pyridine rings is 1. The fourth-order valence-electron chi connectivity index (χ4n) is 3.76. The van der Waals surface area contributed by atoms with Gasteiger partial charge in [0.15, 0.2) is 0 Å². The summed E-state index contributed by atoms with van der Waals surface area (Å²) in [6.07, 6.45) is 6.49. The van der Waals surface area contributed by atoms with Gasteiger partial charge in [0.25, 0.3) is 0 Å². The summed E-state index contributed by atoms with van der Waals surface area (Å²) in [6.45, 7) is 13.3. The number of fused-ring (bicyclic) bond motifs is 1. The molecule has 2 nitrogen and oxygen atoms in total. The first-order valence-electron chi connectivity index (χ1n) is 8.75. The number of hydrogen-bond acceptors (Lipinski definition) is 2. The quantitative estimate of drug-likeness (QED) is 0.745. The van der Waals surface area contributed by atoms with E-state index in [-0.39, 0.29) is 5.54 Å². The second-order valence-electron chi connectivity index (χ2n) is 7.60. The van der Waals surface area contributed by atoms with E-state index in [1.807, 2.05) is 0 Å². The van der Waals surface area contributed by atoms with Crippen molar-refractivity contribution in [2.75, 3.05) is 7.05 Å². The zero-order chi connectivity index (χ0) is 17.6. The van der Waals surface area contributed by atoms with Crippen LogP contribution in [0.3, 0.4) is 0 Å². The Balaban J connectivity index is 2.27. The van der Waals surface area contributed by atoms with E-state index in [1.54, 1.807) is 0 Å². The maximum absolute atomic E-state index is 4.76. The summed E-state index contributed by atoms with van der Waals surface area (Å²) in [5, 5.41) is 0. The molecule has 0 radical (unpaired) electrons. The zero-order valence-corrected chi connectivity index (χ0v) is 15.9. The van der Waals surface area contributed by atoms with Crippen LogP contribution in [0.2, 0.25) is 0 Å². The molecule has 0 fully saturated rings. The molecule has 1 aliphatic heterocycles. The van der Waals surface area contributed by atoms with Gasteiger partial charge in [-0.3, -0.25) is 4.98 Å². The minimum absolute atomic E-state index is 0.201. The molecular weight excluding hydrogens is 292 g/mol. The normalized spacial score (nSPS) is 19.8. The van der Waals surface area contributed by atoms with Crippen molar-refractivity contribution >= 4 is 6.08 Å². The van der Waals surface area contributed by atoms with Crippen LogP contribution in [-0.4, -0.2) is 16.9 Å². The first-order valence-corrected chi connectivity index (χ1v) is 8.75. The van der Waals surface area contributed by atoms with Crippen LogP contribution in [0.5, 0.6) is 0 Å². The van der Waals surface area contributed by atoms with Gasteiger partial charge in [-0.15, -0.1) is 0 Å². The fourth-order valence-corrected chi connectivity index (χ4v) is 3.76. The molecule has 0 N–H and O–H groups in total. The topological polar surface area (TPSA) is 16.1 Å². The molecule has 3 rings (SSSR count). The van der Waals surface area contributed by atoms with Gasteiger partial charge < -0.3 is 4.90 Å². The molecular formula is C22H28N2. The average molecular weight is 320 g/mol. The van der Waals surface area contributed by atoms with Gasteiger partial charge in [-0.25, -0.2) is 0 Å². The second kappa shape index (κ2) is 5.77. The monoisotopic (exact) mass is 320 g/mol. The lowest BCUT2D eigenvalue weighted by Crippen LogP contribution is -2.42. The first-order chi connectivity index (χ1) is 11.2. The molecule has 126 valence electrons. The molecule has 2 aromatic rings. The van der Waals surface area contributed by atoms with Gasteiger partial charge in [0.1, 0.15) is 0 Å². The zero-order valence-electron chi connectivity index (χ0n) is 15.9. The Morgan fingerprint density at radius 2 is 1.75 bits per heavy atom. The van der Waals surface area contributed by atoms with Crippen LogP contribution in [0.25, 0.3) is 6.08 Å². The van der Waals surface area contributed by atoms with Gasteiger partial charge in [-0.2, -0.15) is 0 Å². The van der Waals surface area contributed by atoms with Crippen molar-refractivity contribution in [3.63, 3.8) is 0 Å². The van der Waals surface area contributed by atoms with Crippen LogP contribution < -0.4 is 0 Å². The first kappa shape index (κ1) is 16.8. The van der Waals surface area contributed by atoms with E-state index in [0.717, 1.165) is 5.69 Å². The summed E-state index contributed by atoms with van der Waals surface area (Å²) in [5.41, 5.74) is 8.91. The fraction of sp³-hybridized carbons (Fsp3) is 0.409. The van der Waals surface area contributed by atoms with Gasteiger partial charge >= 0.3 is 0 Å². The molecule has 1 unspecified atom stereocenters. The lowest BCUT2D eigenvalue weighted by molar-refractivity contribution is 0.249. The average Bonchev–Trinajstić information content (AvgIpc) is 2.54. The smallest absolute Gasteiger partial charge is 0.0892 e. The minimum atomic E-state index is -0.201. The summed E-state index contributed by atoms with van der Waals surface area (Å²) in [7, 11) is 2.16. The van der Waals surface area contributed by atoms with Gasteiger partial charge in [-0.1, -0.05) is 31.5 Å². The lowest BCUT2D eigenvalue weighted by atomic mass is 9.76. The highest BCUT2D eigenvalue weighted by molar-refractivity contribution is 5.62. The summed E-state index contributed by atoms with van der Waals surface area (Å²) in [4.78, 5) is 7.07. The van der Waals surface area contributed by atoms with Crippen LogP contribution in [0.1, 0.15) is 65.8 Å². The Hall–Kier alpha value is -2.09. The molecule has 24 heavy (non-hydrogen) atoms. The van der Waals surface area contributed by atoms with Gasteiger partial charge in [0, 0.05) is 30.7 Å². The molecule has 1 atom stereocenters. The maximum Gasteiger partial charge on any atom is 0.0892 e. The van der Waals surface area contributed by atoms with Crippen LogP contribution in [0.15, 0.2) is 30.6 Å². The largest absolute Gasteiger partial charge is 0.367 e. The van der Waals surface area contributed by atoms with Crippen LogP contribution >= 0.6 is 0 Å². The molecule has 1 aromatic carbocycles. The highest BCUT2D eigenvalue weighted by Gasteiger charge is 2.38.